The minimum Gasteiger partial charge on any atom is -0.355 e. The first kappa shape index (κ1) is 32.5. The van der Waals surface area contributed by atoms with Crippen LogP contribution in [-0.4, -0.2) is 61.7 Å². The summed E-state index contributed by atoms with van der Waals surface area (Å²) in [5, 5.41) is 8.45. The van der Waals surface area contributed by atoms with Crippen molar-refractivity contribution in [3.63, 3.8) is 0 Å². The number of hydrogen-bond acceptors (Lipinski definition) is 6. The molecule has 4 heterocycles. The molecule has 12 heteroatoms. The number of nitrogens with one attached hydrogen (secondary N) is 1. The van der Waals surface area contributed by atoms with Crippen LogP contribution in [0.15, 0.2) is 24.3 Å². The summed E-state index contributed by atoms with van der Waals surface area (Å²) in [6, 6.07) is 5.23. The molecule has 2 aliphatic heterocycles. The summed E-state index contributed by atoms with van der Waals surface area (Å²) in [4.78, 5) is 59.2. The van der Waals surface area contributed by atoms with E-state index in [1.165, 1.54) is 18.6 Å². The highest BCUT2D eigenvalue weighted by Gasteiger charge is 2.66. The molecule has 7 rings (SSSR count). The Balaban J connectivity index is 1.25. The van der Waals surface area contributed by atoms with Gasteiger partial charge in [0, 0.05) is 36.7 Å². The first-order chi connectivity index (χ1) is 22.8. The summed E-state index contributed by atoms with van der Waals surface area (Å²) in [5.74, 6) is -0.546. The highest BCUT2D eigenvalue weighted by atomic mass is 19.4. The first-order valence-electron chi connectivity index (χ1n) is 17.0. The lowest BCUT2D eigenvalue weighted by atomic mass is 9.94. The molecule has 254 valence electrons. The normalized spacial score (nSPS) is 25.1. The zero-order valence-electron chi connectivity index (χ0n) is 27.3. The monoisotopic (exact) mass is 663 g/mol. The van der Waals surface area contributed by atoms with Crippen LogP contribution in [0, 0.1) is 12.3 Å². The van der Waals surface area contributed by atoms with E-state index in [2.05, 4.69) is 21.5 Å². The van der Waals surface area contributed by atoms with Crippen molar-refractivity contribution in [2.24, 2.45) is 5.41 Å². The molecule has 0 radical (unpaired) electrons. The number of halogens is 3. The average molecular weight is 664 g/mol. The van der Waals surface area contributed by atoms with Crippen LogP contribution in [0.4, 0.5) is 13.2 Å². The number of aryl methyl sites for hydroxylation is 2. The van der Waals surface area contributed by atoms with Crippen molar-refractivity contribution in [1.29, 1.82) is 0 Å². The van der Waals surface area contributed by atoms with Crippen molar-refractivity contribution in [2.75, 3.05) is 6.54 Å². The number of carbonyl (C=O) groups excluding carboxylic acids is 4. The standard InChI is InChI=1S/C36H40F3N5O4/c1-20-9-12-29(36(37,38)39)41-26(20)15-28(46)27-16-35-17-30(35)44(27)32(48)18-43-34-23(7-5-3-4-6-8-31(47)40-19-35)13-24(22-10-11-22)14-25(34)33(42-43)21(2)45/h9,12-14,22,27,30H,3-8,10-11,15-19H2,1-2H3,(H,40,47)/t27-,30+,35-/m0/s1. The Kier molecular flexibility index (Phi) is 8.18. The molecule has 48 heavy (non-hydrogen) atoms. The second-order valence-corrected chi connectivity index (χ2v) is 14.3. The number of nitrogens with zero attached hydrogens (tertiary/aromatic N) is 4. The summed E-state index contributed by atoms with van der Waals surface area (Å²) < 4.78 is 42.0. The van der Waals surface area contributed by atoms with Gasteiger partial charge < -0.3 is 10.2 Å². The number of alkyl halides is 3. The van der Waals surface area contributed by atoms with E-state index in [4.69, 9.17) is 0 Å². The SMILES string of the molecule is CC(=O)c1nn2c3c(cc(C4CC4)cc13)CCCCCCC(=O)NC[C@@]13C[C@@H](C(=O)Cc4nc(C(F)(F)F)ccc4C)N(C(=O)C2)[C@@H]1C3. The third-order valence-corrected chi connectivity index (χ3v) is 10.8. The van der Waals surface area contributed by atoms with Gasteiger partial charge in [-0.25, -0.2) is 4.98 Å². The zero-order chi connectivity index (χ0) is 34.0. The van der Waals surface area contributed by atoms with Crippen molar-refractivity contribution in [3.8, 4) is 0 Å². The van der Waals surface area contributed by atoms with E-state index in [1.54, 1.807) is 16.5 Å². The van der Waals surface area contributed by atoms with Gasteiger partial charge in [-0.2, -0.15) is 18.3 Å². The average Bonchev–Trinajstić information content (AvgIpc) is 3.94. The zero-order valence-corrected chi connectivity index (χ0v) is 27.3. The Hall–Kier alpha value is -4.09. The first-order valence-corrected chi connectivity index (χ1v) is 17.0. The molecule has 4 aliphatic rings. The summed E-state index contributed by atoms with van der Waals surface area (Å²) >= 11 is 0. The molecular weight excluding hydrogens is 623 g/mol. The largest absolute Gasteiger partial charge is 0.433 e. The van der Waals surface area contributed by atoms with E-state index < -0.39 is 29.1 Å². The predicted octanol–water partition coefficient (Wildman–Crippen LogP) is 5.63. The number of ketones is 2. The van der Waals surface area contributed by atoms with E-state index >= 15 is 0 Å². The number of pyridine rings is 1. The van der Waals surface area contributed by atoms with E-state index in [9.17, 15) is 32.3 Å². The van der Waals surface area contributed by atoms with E-state index in [0.717, 1.165) is 67.5 Å². The summed E-state index contributed by atoms with van der Waals surface area (Å²) in [7, 11) is 0. The Labute approximate surface area is 276 Å². The van der Waals surface area contributed by atoms with Crippen LogP contribution in [0.3, 0.4) is 0 Å². The Morgan fingerprint density at radius 1 is 1.04 bits per heavy atom. The lowest BCUT2D eigenvalue weighted by molar-refractivity contribution is -0.141. The quantitative estimate of drug-likeness (QED) is 0.354. The van der Waals surface area contributed by atoms with Gasteiger partial charge in [0.25, 0.3) is 0 Å². The summed E-state index contributed by atoms with van der Waals surface area (Å²) in [6.45, 7) is 3.21. The maximum atomic E-state index is 14.3. The maximum absolute atomic E-state index is 14.3. The van der Waals surface area contributed by atoms with Gasteiger partial charge >= 0.3 is 6.18 Å². The van der Waals surface area contributed by atoms with Gasteiger partial charge in [0.1, 0.15) is 17.9 Å². The second-order valence-electron chi connectivity index (χ2n) is 14.3. The molecule has 1 saturated heterocycles. The highest BCUT2D eigenvalue weighted by Crippen LogP contribution is 2.59. The molecule has 2 aliphatic carbocycles. The van der Waals surface area contributed by atoms with Gasteiger partial charge in [0.05, 0.1) is 23.7 Å². The highest BCUT2D eigenvalue weighted by molar-refractivity contribution is 6.06. The minimum absolute atomic E-state index is 0.0277. The second kappa shape index (κ2) is 12.1. The van der Waals surface area contributed by atoms with E-state index in [1.807, 2.05) is 6.07 Å². The number of hydrogen-bond donors (Lipinski definition) is 1. The van der Waals surface area contributed by atoms with Gasteiger partial charge in [-0.15, -0.1) is 0 Å². The Morgan fingerprint density at radius 3 is 2.50 bits per heavy atom. The van der Waals surface area contributed by atoms with Gasteiger partial charge in [-0.05, 0) is 86.6 Å². The number of carbonyl (C=O) groups is 4. The van der Waals surface area contributed by atoms with Crippen LogP contribution in [0.25, 0.3) is 10.9 Å². The third-order valence-electron chi connectivity index (χ3n) is 10.8. The molecule has 2 saturated carbocycles. The van der Waals surface area contributed by atoms with Gasteiger partial charge in [-0.1, -0.05) is 25.0 Å². The van der Waals surface area contributed by atoms with Gasteiger partial charge in [-0.3, -0.25) is 23.9 Å². The number of Topliss-reactive ketones (excluding diaryl/α,β-unsaturated/α-hetero) is 2. The number of benzene rings is 1. The van der Waals surface area contributed by atoms with E-state index in [-0.39, 0.29) is 42.3 Å². The van der Waals surface area contributed by atoms with Crippen molar-refractivity contribution in [3.05, 3.63) is 58.0 Å². The van der Waals surface area contributed by atoms with Crippen LogP contribution < -0.4 is 5.32 Å². The van der Waals surface area contributed by atoms with Gasteiger partial charge in [0.2, 0.25) is 11.8 Å². The van der Waals surface area contributed by atoms with Crippen LogP contribution in [0.5, 0.6) is 0 Å². The molecular formula is C36H40F3N5O4. The molecule has 3 fully saturated rings. The number of aromatic nitrogens is 3. The fourth-order valence-corrected chi connectivity index (χ4v) is 7.88. The Bertz CT molecular complexity index is 1830. The molecule has 0 unspecified atom stereocenters. The summed E-state index contributed by atoms with van der Waals surface area (Å²) in [6.07, 6.45) is 2.69. The Morgan fingerprint density at radius 2 is 1.79 bits per heavy atom. The number of rotatable bonds is 5. The van der Waals surface area contributed by atoms with Crippen molar-refractivity contribution in [2.45, 2.75) is 115 Å². The molecule has 9 nitrogen and oxygen atoms in total. The van der Waals surface area contributed by atoms with Crippen LogP contribution in [0.1, 0.15) is 109 Å². The molecule has 1 N–H and O–H groups in total. The number of amides is 2. The molecule has 1 aromatic carbocycles. The van der Waals surface area contributed by atoms with E-state index in [0.29, 0.717) is 43.0 Å². The number of piperidine rings is 1. The minimum atomic E-state index is -4.66. The van der Waals surface area contributed by atoms with Crippen molar-refractivity contribution < 1.29 is 32.3 Å². The summed E-state index contributed by atoms with van der Waals surface area (Å²) in [5.41, 5.74) is 2.21. The fraction of sp³-hybridized carbons (Fsp3) is 0.556. The van der Waals surface area contributed by atoms with Crippen LogP contribution in [-0.2, 0) is 39.9 Å². The molecule has 2 bridgehead atoms. The lowest BCUT2D eigenvalue weighted by Gasteiger charge is -2.27. The van der Waals surface area contributed by atoms with Crippen molar-refractivity contribution >= 4 is 34.3 Å². The molecule has 3 aromatic rings. The third kappa shape index (κ3) is 6.14. The van der Waals surface area contributed by atoms with Gasteiger partial charge in [0.15, 0.2) is 11.6 Å². The molecule has 0 spiro atoms. The molecule has 2 aromatic heterocycles. The molecule has 3 atom stereocenters. The van der Waals surface area contributed by atoms with Crippen LogP contribution in [0.2, 0.25) is 0 Å². The fourth-order valence-electron chi connectivity index (χ4n) is 7.88. The predicted molar refractivity (Wildman–Crippen MR) is 170 cm³/mol. The molecule has 2 amide bonds. The smallest absolute Gasteiger partial charge is 0.355 e. The lowest BCUT2D eigenvalue weighted by Crippen LogP contribution is -2.45. The maximum Gasteiger partial charge on any atom is 0.433 e. The topological polar surface area (TPSA) is 114 Å². The van der Waals surface area contributed by atoms with Crippen molar-refractivity contribution in [1.82, 2.24) is 25.0 Å². The van der Waals surface area contributed by atoms with Crippen LogP contribution >= 0.6 is 0 Å².